The summed E-state index contributed by atoms with van der Waals surface area (Å²) >= 11 is 0. The minimum Gasteiger partial charge on any atom is -0.463 e. The molecule has 2 saturated heterocycles. The van der Waals surface area contributed by atoms with E-state index in [1.165, 1.54) is 180 Å². The molecule has 0 spiro atoms. The van der Waals surface area contributed by atoms with Crippen LogP contribution < -0.4 is 0 Å². The van der Waals surface area contributed by atoms with Gasteiger partial charge in [0.1, 0.15) is 98.7 Å². The van der Waals surface area contributed by atoms with Crippen LogP contribution in [0.5, 0.6) is 0 Å². The monoisotopic (exact) mass is 1480 g/mol. The molecule has 0 aromatic heterocycles. The van der Waals surface area contributed by atoms with Crippen LogP contribution >= 0.6 is 7.82 Å². The van der Waals surface area contributed by atoms with Gasteiger partial charge in [-0.1, -0.05) is 277 Å². The van der Waals surface area contributed by atoms with Gasteiger partial charge in [0, 0.05) is 19.3 Å². The number of allylic oxidation sites excluding steroid dienone is 2. The largest absolute Gasteiger partial charge is 0.472 e. The maximum absolute atomic E-state index is 14.4. The van der Waals surface area contributed by atoms with Gasteiger partial charge >= 0.3 is 25.7 Å². The summed E-state index contributed by atoms with van der Waals surface area (Å²) in [5.41, 5.74) is 0. The highest BCUT2D eigenvalue weighted by Gasteiger charge is 2.58. The average molecular weight is 1480 g/mol. The first-order chi connectivity index (χ1) is 49.3. The third-order valence-corrected chi connectivity index (χ3v) is 21.0. The van der Waals surface area contributed by atoms with Crippen LogP contribution in [0, 0.1) is 0 Å². The van der Waals surface area contributed by atoms with Gasteiger partial charge in [-0.3, -0.25) is 23.4 Å². The first kappa shape index (κ1) is 93.9. The molecular formula is C77H143O24P. The number of hydrogen-bond donors (Lipinski definition) is 11. The molecule has 600 valence electrons. The fourth-order valence-electron chi connectivity index (χ4n) is 13.5. The third kappa shape index (κ3) is 40.8. The summed E-state index contributed by atoms with van der Waals surface area (Å²) in [5, 5.41) is 110. The highest BCUT2D eigenvalue weighted by molar-refractivity contribution is 7.47. The highest BCUT2D eigenvalue weighted by Crippen LogP contribution is 2.49. The van der Waals surface area contributed by atoms with Crippen molar-refractivity contribution in [2.75, 3.05) is 26.4 Å². The first-order valence-corrected chi connectivity index (χ1v) is 42.0. The Morgan fingerprint density at radius 1 is 0.373 bits per heavy atom. The van der Waals surface area contributed by atoms with Crippen molar-refractivity contribution in [2.45, 2.75) is 433 Å². The van der Waals surface area contributed by atoms with Crippen LogP contribution in [0.4, 0.5) is 0 Å². The Bertz CT molecular complexity index is 2150. The van der Waals surface area contributed by atoms with Gasteiger partial charge in [-0.2, -0.15) is 0 Å². The Kier molecular flexibility index (Phi) is 54.0. The quantitative estimate of drug-likeness (QED) is 0.00886. The van der Waals surface area contributed by atoms with Crippen molar-refractivity contribution in [1.82, 2.24) is 0 Å². The molecule has 0 amide bonds. The van der Waals surface area contributed by atoms with Gasteiger partial charge in [0.15, 0.2) is 18.7 Å². The first-order valence-electron chi connectivity index (χ1n) is 40.5. The summed E-state index contributed by atoms with van der Waals surface area (Å²) in [4.78, 5) is 51.1. The van der Waals surface area contributed by atoms with Crippen LogP contribution in [-0.4, -0.2) is 204 Å². The number of carbonyl (C=O) groups is 3. The smallest absolute Gasteiger partial charge is 0.463 e. The van der Waals surface area contributed by atoms with Crippen molar-refractivity contribution in [2.24, 2.45) is 0 Å². The number of ether oxygens (including phenoxy) is 7. The van der Waals surface area contributed by atoms with Crippen LogP contribution in [0.1, 0.15) is 329 Å². The van der Waals surface area contributed by atoms with Gasteiger partial charge < -0.3 is 89.1 Å². The number of phosphoric ester groups is 1. The molecule has 24 nitrogen and oxygen atoms in total. The lowest BCUT2D eigenvalue weighted by molar-refractivity contribution is -0.360. The fraction of sp³-hybridized carbons (Fsp3) is 0.935. The number of phosphoric acid groups is 1. The van der Waals surface area contributed by atoms with Crippen LogP contribution in [0.15, 0.2) is 12.2 Å². The number of carbonyl (C=O) groups excluding carboxylic acids is 3. The predicted molar refractivity (Wildman–Crippen MR) is 388 cm³/mol. The third-order valence-electron chi connectivity index (χ3n) is 20.0. The molecule has 25 heteroatoms. The number of aliphatic hydroxyl groups is 10. The normalized spacial score (nSPS) is 27.0. The average Bonchev–Trinajstić information content (AvgIpc) is 0.762. The molecule has 1 aliphatic carbocycles. The van der Waals surface area contributed by atoms with E-state index < -0.39 is 156 Å². The van der Waals surface area contributed by atoms with E-state index >= 15 is 0 Å². The van der Waals surface area contributed by atoms with E-state index in [0.29, 0.717) is 19.3 Å². The maximum atomic E-state index is 14.4. The number of esters is 3. The van der Waals surface area contributed by atoms with Gasteiger partial charge in [0.05, 0.1) is 13.2 Å². The van der Waals surface area contributed by atoms with Crippen molar-refractivity contribution >= 4 is 25.7 Å². The van der Waals surface area contributed by atoms with Crippen LogP contribution in [0.25, 0.3) is 0 Å². The lowest BCUT2D eigenvalue weighted by atomic mass is 9.84. The van der Waals surface area contributed by atoms with Gasteiger partial charge in [-0.05, 0) is 44.9 Å². The number of rotatable bonds is 64. The van der Waals surface area contributed by atoms with E-state index in [0.717, 1.165) is 89.9 Å². The molecule has 3 aliphatic rings. The van der Waals surface area contributed by atoms with E-state index in [9.17, 15) is 74.9 Å². The minimum atomic E-state index is -5.70. The molecule has 18 atom stereocenters. The van der Waals surface area contributed by atoms with Crippen molar-refractivity contribution in [3.8, 4) is 0 Å². The van der Waals surface area contributed by atoms with Crippen LogP contribution in [-0.2, 0) is 61.2 Å². The second-order valence-corrected chi connectivity index (χ2v) is 30.5. The van der Waals surface area contributed by atoms with Crippen LogP contribution in [0.3, 0.4) is 0 Å². The second kappa shape index (κ2) is 58.7. The van der Waals surface area contributed by atoms with E-state index in [2.05, 4.69) is 32.9 Å². The lowest BCUT2D eigenvalue weighted by Gasteiger charge is -2.49. The zero-order chi connectivity index (χ0) is 74.6. The molecule has 2 aliphatic heterocycles. The summed E-state index contributed by atoms with van der Waals surface area (Å²) in [5.74, 6) is -1.99. The molecule has 102 heavy (non-hydrogen) atoms. The standard InChI is InChI=1S/C77H143O24P/c1-4-7-10-13-16-19-22-25-28-30-32-34-37-39-42-45-48-51-61(79)93-55-58(96-63(81)53-50-47-44-41-38-35-31-29-26-23-20-17-14-11-8-5-2)56-95-102(91,92)101-75-73(99-76-71(89)66(84)64(82)59(54-78)97-76)69(87)68(86)70(88)74(75)100-77-72(90)67(85)65(83)60(98-77)57-94-62(80)52-49-46-43-40-36-33-27-24-21-18-15-12-9-6-3/h33,36,58-60,64-78,82-90H,4-32,34-35,37-57H2,1-3H3,(H,91,92)/b36-33-. The van der Waals surface area contributed by atoms with E-state index in [4.69, 9.17) is 42.2 Å². The van der Waals surface area contributed by atoms with Gasteiger partial charge in [-0.15, -0.1) is 0 Å². The number of hydrogen-bond acceptors (Lipinski definition) is 23. The molecule has 2 heterocycles. The summed E-state index contributed by atoms with van der Waals surface area (Å²) in [6, 6.07) is 0. The summed E-state index contributed by atoms with van der Waals surface area (Å²) < 4.78 is 65.2. The molecule has 0 aromatic rings. The number of aliphatic hydroxyl groups excluding tert-OH is 10. The van der Waals surface area contributed by atoms with Gasteiger partial charge in [-0.25, -0.2) is 4.57 Å². The molecule has 0 radical (unpaired) electrons. The van der Waals surface area contributed by atoms with Crippen molar-refractivity contribution in [3.63, 3.8) is 0 Å². The molecular weight excluding hydrogens is 1340 g/mol. The van der Waals surface area contributed by atoms with Crippen molar-refractivity contribution in [1.29, 1.82) is 0 Å². The Labute approximate surface area is 612 Å². The van der Waals surface area contributed by atoms with Crippen molar-refractivity contribution in [3.05, 3.63) is 12.2 Å². The zero-order valence-corrected chi connectivity index (χ0v) is 63.8. The molecule has 3 rings (SSSR count). The molecule has 0 bridgehead atoms. The molecule has 0 aromatic carbocycles. The van der Waals surface area contributed by atoms with Crippen molar-refractivity contribution < 1.29 is 117 Å². The topological polar surface area (TPSA) is 374 Å². The minimum absolute atomic E-state index is 0.00976. The summed E-state index contributed by atoms with van der Waals surface area (Å²) in [7, 11) is -5.70. The number of unbranched alkanes of at least 4 members (excludes halogenated alkanes) is 41. The Hall–Kier alpha value is -2.30. The Morgan fingerprint density at radius 3 is 1.07 bits per heavy atom. The van der Waals surface area contributed by atoms with E-state index in [1.807, 2.05) is 0 Å². The Morgan fingerprint density at radius 2 is 0.686 bits per heavy atom. The predicted octanol–water partition coefficient (Wildman–Crippen LogP) is 12.3. The van der Waals surface area contributed by atoms with E-state index in [1.54, 1.807) is 0 Å². The van der Waals surface area contributed by atoms with Gasteiger partial charge in [0.2, 0.25) is 0 Å². The van der Waals surface area contributed by atoms with Gasteiger partial charge in [0.25, 0.3) is 0 Å². The second-order valence-electron chi connectivity index (χ2n) is 29.1. The highest BCUT2D eigenvalue weighted by atomic mass is 31.2. The molecule has 11 N–H and O–H groups in total. The SMILES string of the molecule is CCCCCCCCC/C=C\CCCCCC(=O)OCC1OC(OC2C(O)C(O)C(O)C(OC3OC(CO)C(O)C(O)C3O)C2OP(=O)(O)OCC(COC(=O)CCCCCCCCCCCCCCCCCCC)OC(=O)CCCCCCCCCCCCCCCCCC)C(O)C(O)C1O. The summed E-state index contributed by atoms with van der Waals surface area (Å²) in [6.45, 7) is 3.49. The Balaban J connectivity index is 1.71. The maximum Gasteiger partial charge on any atom is 0.472 e. The van der Waals surface area contributed by atoms with E-state index in [-0.39, 0.29) is 19.3 Å². The molecule has 3 fully saturated rings. The fourth-order valence-corrected chi connectivity index (χ4v) is 14.4. The zero-order valence-electron chi connectivity index (χ0n) is 62.9. The van der Waals surface area contributed by atoms with Crippen LogP contribution in [0.2, 0.25) is 0 Å². The molecule has 1 saturated carbocycles. The lowest BCUT2D eigenvalue weighted by Crippen LogP contribution is -2.69. The summed E-state index contributed by atoms with van der Waals surface area (Å²) in [6.07, 6.45) is 19.6. The molecule has 18 unspecified atom stereocenters.